The highest BCUT2D eigenvalue weighted by Gasteiger charge is 2.46. The van der Waals surface area contributed by atoms with Gasteiger partial charge in [-0.1, -0.05) is 0 Å². The lowest BCUT2D eigenvalue weighted by Crippen LogP contribution is -2.38. The summed E-state index contributed by atoms with van der Waals surface area (Å²) in [7, 11) is 0. The van der Waals surface area contributed by atoms with Gasteiger partial charge in [0, 0.05) is 14.7 Å². The van der Waals surface area contributed by atoms with E-state index in [1.165, 1.54) is 12.1 Å². The highest BCUT2D eigenvalue weighted by molar-refractivity contribution is 14.1. The van der Waals surface area contributed by atoms with Crippen LogP contribution in [0.1, 0.15) is 5.56 Å². The molecular formula is C11H6F3IO2. The van der Waals surface area contributed by atoms with E-state index in [4.69, 9.17) is 4.74 Å². The van der Waals surface area contributed by atoms with Gasteiger partial charge in [-0.05, 0) is 46.9 Å². The molecule has 0 radical (unpaired) electrons. The van der Waals surface area contributed by atoms with E-state index in [9.17, 15) is 18.0 Å². The minimum atomic E-state index is -4.59. The third kappa shape index (κ3) is 2.46. The predicted molar refractivity (Wildman–Crippen MR) is 63.7 cm³/mol. The van der Waals surface area contributed by atoms with Gasteiger partial charge in [-0.2, -0.15) is 13.2 Å². The van der Waals surface area contributed by atoms with Crippen molar-refractivity contribution in [3.8, 4) is 5.75 Å². The fourth-order valence-electron chi connectivity index (χ4n) is 1.54. The third-order valence-electron chi connectivity index (χ3n) is 2.27. The van der Waals surface area contributed by atoms with Crippen molar-refractivity contribution in [1.82, 2.24) is 0 Å². The number of alkyl halides is 3. The van der Waals surface area contributed by atoms with Crippen molar-refractivity contribution in [3.63, 3.8) is 0 Å². The molecule has 90 valence electrons. The molecule has 0 bridgehead atoms. The molecule has 0 spiro atoms. The minimum absolute atomic E-state index is 0.137. The molecule has 2 nitrogen and oxygen atoms in total. The largest absolute Gasteiger partial charge is 0.475 e. The maximum atomic E-state index is 12.6. The summed E-state index contributed by atoms with van der Waals surface area (Å²) in [5, 5.41) is 0. The monoisotopic (exact) mass is 354 g/mol. The van der Waals surface area contributed by atoms with Gasteiger partial charge in [0.25, 0.3) is 0 Å². The van der Waals surface area contributed by atoms with Gasteiger partial charge in [-0.25, -0.2) is 0 Å². The summed E-state index contributed by atoms with van der Waals surface area (Å²) in [5.74, 6) is 0.137. The van der Waals surface area contributed by atoms with Gasteiger partial charge in [-0.3, -0.25) is 4.79 Å². The SMILES string of the molecule is O=CC1=Cc2cc(I)ccc2OC1C(F)(F)F. The Morgan fingerprint density at radius 1 is 1.35 bits per heavy atom. The van der Waals surface area contributed by atoms with E-state index < -0.39 is 17.9 Å². The molecule has 0 N–H and O–H groups in total. The average Bonchev–Trinajstić information content (AvgIpc) is 2.25. The van der Waals surface area contributed by atoms with Crippen molar-refractivity contribution in [2.45, 2.75) is 12.3 Å². The lowest BCUT2D eigenvalue weighted by atomic mass is 10.0. The first-order chi connectivity index (χ1) is 7.91. The molecule has 1 aliphatic rings. The smallest absolute Gasteiger partial charge is 0.429 e. The van der Waals surface area contributed by atoms with Crippen LogP contribution in [0.15, 0.2) is 23.8 Å². The standard InChI is InChI=1S/C11H6F3IO2/c12-11(13,14)10-7(5-16)3-6-4-8(15)1-2-9(6)17-10/h1-5,10H. The molecule has 1 aliphatic heterocycles. The fraction of sp³-hybridized carbons (Fsp3) is 0.182. The van der Waals surface area contributed by atoms with Crippen LogP contribution in [0.5, 0.6) is 5.75 Å². The number of halogens is 4. The van der Waals surface area contributed by atoms with Gasteiger partial charge in [-0.15, -0.1) is 0 Å². The Bertz CT molecular complexity index is 494. The number of ether oxygens (including phenoxy) is 1. The number of carbonyl (C=O) groups excluding carboxylic acids is 1. The quantitative estimate of drug-likeness (QED) is 0.572. The molecule has 17 heavy (non-hydrogen) atoms. The highest BCUT2D eigenvalue weighted by Crippen LogP contribution is 2.36. The van der Waals surface area contributed by atoms with Crippen LogP contribution in [-0.4, -0.2) is 18.6 Å². The van der Waals surface area contributed by atoms with Crippen LogP contribution < -0.4 is 4.74 Å². The van der Waals surface area contributed by atoms with Gasteiger partial charge in [0.15, 0.2) is 0 Å². The Kier molecular flexibility index (Phi) is 3.15. The molecule has 1 atom stereocenters. The molecule has 1 heterocycles. The number of hydrogen-bond donors (Lipinski definition) is 0. The molecular weight excluding hydrogens is 348 g/mol. The second kappa shape index (κ2) is 4.32. The van der Waals surface area contributed by atoms with Gasteiger partial charge >= 0.3 is 6.18 Å². The fourth-order valence-corrected chi connectivity index (χ4v) is 2.06. The maximum Gasteiger partial charge on any atom is 0.429 e. The maximum absolute atomic E-state index is 12.6. The molecule has 2 rings (SSSR count). The molecule has 0 saturated heterocycles. The van der Waals surface area contributed by atoms with Crippen LogP contribution in [0.2, 0.25) is 0 Å². The first-order valence-corrected chi connectivity index (χ1v) is 5.69. The van der Waals surface area contributed by atoms with Crippen LogP contribution in [0, 0.1) is 3.57 Å². The summed E-state index contributed by atoms with van der Waals surface area (Å²) in [5.41, 5.74) is 0.0755. The Labute approximate surface area is 109 Å². The summed E-state index contributed by atoms with van der Waals surface area (Å²) in [6, 6.07) is 4.77. The zero-order valence-corrected chi connectivity index (χ0v) is 10.4. The molecule has 0 fully saturated rings. The molecule has 1 aromatic rings. The number of hydrogen-bond acceptors (Lipinski definition) is 2. The number of aldehydes is 1. The molecule has 1 aromatic carbocycles. The molecule has 0 aliphatic carbocycles. The summed E-state index contributed by atoms with van der Waals surface area (Å²) in [6.45, 7) is 0. The van der Waals surface area contributed by atoms with E-state index in [1.807, 2.05) is 22.6 Å². The lowest BCUT2D eigenvalue weighted by Gasteiger charge is -2.26. The Balaban J connectivity index is 2.49. The van der Waals surface area contributed by atoms with E-state index in [1.54, 1.807) is 12.1 Å². The lowest BCUT2D eigenvalue weighted by molar-refractivity contribution is -0.184. The molecule has 0 aromatic heterocycles. The van der Waals surface area contributed by atoms with Crippen molar-refractivity contribution in [2.75, 3.05) is 0 Å². The second-order valence-electron chi connectivity index (χ2n) is 3.48. The van der Waals surface area contributed by atoms with Gasteiger partial charge in [0.05, 0.1) is 0 Å². The number of benzene rings is 1. The predicted octanol–water partition coefficient (Wildman–Crippen LogP) is 3.20. The van der Waals surface area contributed by atoms with Crippen molar-refractivity contribution < 1.29 is 22.7 Å². The van der Waals surface area contributed by atoms with Crippen molar-refractivity contribution in [3.05, 3.63) is 32.9 Å². The van der Waals surface area contributed by atoms with Crippen LogP contribution in [0.3, 0.4) is 0 Å². The van der Waals surface area contributed by atoms with Crippen LogP contribution in [-0.2, 0) is 4.79 Å². The minimum Gasteiger partial charge on any atom is -0.475 e. The number of fused-ring (bicyclic) bond motifs is 1. The summed E-state index contributed by atoms with van der Waals surface area (Å²) >= 11 is 2.03. The van der Waals surface area contributed by atoms with Gasteiger partial charge in [0.2, 0.25) is 6.10 Å². The normalized spacial score (nSPS) is 19.1. The van der Waals surface area contributed by atoms with Crippen molar-refractivity contribution in [1.29, 1.82) is 0 Å². The van der Waals surface area contributed by atoms with Gasteiger partial charge < -0.3 is 4.74 Å². The van der Waals surface area contributed by atoms with Gasteiger partial charge in [0.1, 0.15) is 12.0 Å². The van der Waals surface area contributed by atoms with Crippen LogP contribution in [0.25, 0.3) is 6.08 Å². The van der Waals surface area contributed by atoms with E-state index in [2.05, 4.69) is 0 Å². The number of rotatable bonds is 1. The highest BCUT2D eigenvalue weighted by atomic mass is 127. The molecule has 6 heteroatoms. The van der Waals surface area contributed by atoms with E-state index in [-0.39, 0.29) is 12.0 Å². The molecule has 0 saturated carbocycles. The second-order valence-corrected chi connectivity index (χ2v) is 4.73. The van der Waals surface area contributed by atoms with Crippen LogP contribution >= 0.6 is 22.6 Å². The topological polar surface area (TPSA) is 26.3 Å². The Hall–Kier alpha value is -1.05. The zero-order valence-electron chi connectivity index (χ0n) is 8.29. The summed E-state index contributed by atoms with van der Waals surface area (Å²) in [6.07, 6.45) is -5.37. The Morgan fingerprint density at radius 2 is 2.06 bits per heavy atom. The first kappa shape index (κ1) is 12.4. The zero-order chi connectivity index (χ0) is 12.6. The summed E-state index contributed by atoms with van der Waals surface area (Å²) in [4.78, 5) is 10.7. The average molecular weight is 354 g/mol. The van der Waals surface area contributed by atoms with Crippen molar-refractivity contribution >= 4 is 35.0 Å². The first-order valence-electron chi connectivity index (χ1n) is 4.61. The third-order valence-corrected chi connectivity index (χ3v) is 2.95. The van der Waals surface area contributed by atoms with E-state index in [0.717, 1.165) is 3.57 Å². The molecule has 0 amide bonds. The summed E-state index contributed by atoms with van der Waals surface area (Å²) < 4.78 is 43.6. The van der Waals surface area contributed by atoms with E-state index >= 15 is 0 Å². The van der Waals surface area contributed by atoms with Crippen molar-refractivity contribution in [2.24, 2.45) is 0 Å². The van der Waals surface area contributed by atoms with Crippen LogP contribution in [0.4, 0.5) is 13.2 Å². The van der Waals surface area contributed by atoms with E-state index in [0.29, 0.717) is 5.56 Å². The number of carbonyl (C=O) groups is 1. The molecule has 1 unspecified atom stereocenters. The Morgan fingerprint density at radius 3 is 2.65 bits per heavy atom.